The maximum absolute atomic E-state index is 13.1. The first kappa shape index (κ1) is 18.4. The molecule has 28 heavy (non-hydrogen) atoms. The number of nitrogens with zero attached hydrogens (tertiary/aromatic N) is 3. The number of hydrogen-bond donors (Lipinski definition) is 1. The molecule has 0 spiro atoms. The molecule has 0 saturated carbocycles. The number of phenolic OH excluding ortho intramolecular Hbond substituents is 1. The van der Waals surface area contributed by atoms with E-state index in [1.807, 2.05) is 12.1 Å². The van der Waals surface area contributed by atoms with Crippen LogP contribution < -0.4 is 4.90 Å². The summed E-state index contributed by atoms with van der Waals surface area (Å²) in [6.07, 6.45) is 0.194. The second-order valence-electron chi connectivity index (χ2n) is 7.20. The third-order valence-electron chi connectivity index (χ3n) is 5.44. The number of halogens is 1. The van der Waals surface area contributed by atoms with Gasteiger partial charge in [0.05, 0.1) is 19.0 Å². The fourth-order valence-electron chi connectivity index (χ4n) is 3.84. The Labute approximate surface area is 162 Å². The topological polar surface area (TPSA) is 64.1 Å². The fraction of sp³-hybridized carbons (Fsp3) is 0.333. The molecular weight excluding hydrogens is 361 g/mol. The van der Waals surface area contributed by atoms with Gasteiger partial charge in [-0.3, -0.25) is 19.4 Å². The van der Waals surface area contributed by atoms with E-state index in [0.29, 0.717) is 13.1 Å². The molecule has 0 aliphatic carbocycles. The number of carbonyl (C=O) groups is 2. The molecule has 7 heteroatoms. The normalized spacial score (nSPS) is 20.8. The number of carbonyl (C=O) groups excluding carboxylic acids is 2. The van der Waals surface area contributed by atoms with Gasteiger partial charge in [0.2, 0.25) is 11.8 Å². The molecule has 2 aromatic rings. The molecule has 1 atom stereocenters. The van der Waals surface area contributed by atoms with Crippen molar-refractivity contribution < 1.29 is 19.1 Å². The fourth-order valence-corrected chi connectivity index (χ4v) is 3.84. The third-order valence-corrected chi connectivity index (χ3v) is 5.44. The van der Waals surface area contributed by atoms with Gasteiger partial charge in [0.1, 0.15) is 11.6 Å². The lowest BCUT2D eigenvalue weighted by Gasteiger charge is -2.38. The minimum absolute atomic E-state index is 0.174. The van der Waals surface area contributed by atoms with Gasteiger partial charge in [-0.05, 0) is 42.0 Å². The predicted octanol–water partition coefficient (Wildman–Crippen LogP) is 1.98. The van der Waals surface area contributed by atoms with Crippen LogP contribution in [0.5, 0.6) is 5.75 Å². The molecule has 6 nitrogen and oxygen atoms in total. The van der Waals surface area contributed by atoms with Gasteiger partial charge in [0.15, 0.2) is 0 Å². The van der Waals surface area contributed by atoms with E-state index >= 15 is 0 Å². The lowest BCUT2D eigenvalue weighted by molar-refractivity contribution is -0.140. The Morgan fingerprint density at radius 1 is 0.929 bits per heavy atom. The van der Waals surface area contributed by atoms with Crippen LogP contribution in [0, 0.1) is 5.82 Å². The number of rotatable bonds is 4. The van der Waals surface area contributed by atoms with E-state index in [1.165, 1.54) is 17.0 Å². The van der Waals surface area contributed by atoms with Crippen LogP contribution in [-0.4, -0.2) is 58.9 Å². The average Bonchev–Trinajstić information content (AvgIpc) is 2.99. The molecule has 146 valence electrons. The number of amides is 2. The minimum Gasteiger partial charge on any atom is -0.508 e. The Kier molecular flexibility index (Phi) is 5.00. The van der Waals surface area contributed by atoms with Crippen molar-refractivity contribution in [3.8, 4) is 5.75 Å². The Morgan fingerprint density at radius 2 is 1.57 bits per heavy atom. The lowest BCUT2D eigenvalue weighted by Crippen LogP contribution is -2.52. The van der Waals surface area contributed by atoms with Crippen LogP contribution in [0.1, 0.15) is 12.0 Å². The highest BCUT2D eigenvalue weighted by Gasteiger charge is 2.42. The van der Waals surface area contributed by atoms with E-state index in [4.69, 9.17) is 0 Å². The van der Waals surface area contributed by atoms with Crippen LogP contribution >= 0.6 is 0 Å². The minimum atomic E-state index is -0.421. The van der Waals surface area contributed by atoms with Gasteiger partial charge in [-0.1, -0.05) is 12.1 Å². The van der Waals surface area contributed by atoms with Gasteiger partial charge in [-0.2, -0.15) is 0 Å². The molecule has 1 N–H and O–H groups in total. The number of piperazine rings is 1. The monoisotopic (exact) mass is 383 g/mol. The van der Waals surface area contributed by atoms with E-state index in [0.717, 1.165) is 24.3 Å². The van der Waals surface area contributed by atoms with Crippen molar-refractivity contribution in [2.75, 3.05) is 31.1 Å². The molecule has 0 aromatic heterocycles. The SMILES string of the molecule is O=C1C[C@H](N2CCN(c3ccc(O)cc3)CC2)C(=O)N1Cc1ccc(F)cc1. The Balaban J connectivity index is 1.37. The molecule has 0 radical (unpaired) electrons. The zero-order chi connectivity index (χ0) is 19.7. The Hall–Kier alpha value is -2.93. The molecule has 2 aliphatic rings. The first-order chi connectivity index (χ1) is 13.5. The second-order valence-corrected chi connectivity index (χ2v) is 7.20. The smallest absolute Gasteiger partial charge is 0.247 e. The highest BCUT2D eigenvalue weighted by atomic mass is 19.1. The second kappa shape index (κ2) is 7.59. The van der Waals surface area contributed by atoms with Gasteiger partial charge >= 0.3 is 0 Å². The van der Waals surface area contributed by atoms with E-state index < -0.39 is 6.04 Å². The number of likely N-dealkylation sites (tertiary alicyclic amines) is 1. The Bertz CT molecular complexity index is 861. The number of phenols is 1. The molecule has 2 aliphatic heterocycles. The number of hydrogen-bond acceptors (Lipinski definition) is 5. The van der Waals surface area contributed by atoms with E-state index in [2.05, 4.69) is 9.80 Å². The summed E-state index contributed by atoms with van der Waals surface area (Å²) in [6.45, 7) is 3.06. The molecule has 2 aromatic carbocycles. The van der Waals surface area contributed by atoms with Crippen LogP contribution in [0.3, 0.4) is 0 Å². The van der Waals surface area contributed by atoms with Crippen LogP contribution in [0.2, 0.25) is 0 Å². The first-order valence-electron chi connectivity index (χ1n) is 9.38. The quantitative estimate of drug-likeness (QED) is 0.818. The standard InChI is InChI=1S/C21H22FN3O3/c22-16-3-1-15(2-4-16)14-25-20(27)13-19(21(25)28)24-11-9-23(10-12-24)17-5-7-18(26)8-6-17/h1-8,19,26H,9-14H2/t19-/m0/s1. The zero-order valence-electron chi connectivity index (χ0n) is 15.4. The van der Waals surface area contributed by atoms with E-state index in [9.17, 15) is 19.1 Å². The van der Waals surface area contributed by atoms with E-state index in [-0.39, 0.29) is 36.3 Å². The maximum Gasteiger partial charge on any atom is 0.247 e. The average molecular weight is 383 g/mol. The van der Waals surface area contributed by atoms with Crippen LogP contribution in [-0.2, 0) is 16.1 Å². The molecule has 2 saturated heterocycles. The van der Waals surface area contributed by atoms with Crippen molar-refractivity contribution in [3.05, 3.63) is 59.9 Å². The summed E-state index contributed by atoms with van der Waals surface area (Å²) < 4.78 is 13.1. The van der Waals surface area contributed by atoms with Gasteiger partial charge in [0.25, 0.3) is 0 Å². The summed E-state index contributed by atoms with van der Waals surface area (Å²) in [6, 6.07) is 12.5. The van der Waals surface area contributed by atoms with Gasteiger partial charge in [-0.25, -0.2) is 4.39 Å². The van der Waals surface area contributed by atoms with Crippen molar-refractivity contribution in [1.82, 2.24) is 9.80 Å². The molecule has 2 heterocycles. The lowest BCUT2D eigenvalue weighted by atomic mass is 10.1. The van der Waals surface area contributed by atoms with Crippen molar-refractivity contribution in [3.63, 3.8) is 0 Å². The van der Waals surface area contributed by atoms with Crippen LogP contribution in [0.15, 0.2) is 48.5 Å². The maximum atomic E-state index is 13.1. The number of anilines is 1. The zero-order valence-corrected chi connectivity index (χ0v) is 15.4. The summed E-state index contributed by atoms with van der Waals surface area (Å²) in [5.74, 6) is -0.460. The number of imide groups is 1. The van der Waals surface area contributed by atoms with Crippen LogP contribution in [0.25, 0.3) is 0 Å². The van der Waals surface area contributed by atoms with Crippen molar-refractivity contribution in [2.45, 2.75) is 19.0 Å². The summed E-state index contributed by atoms with van der Waals surface area (Å²) >= 11 is 0. The summed E-state index contributed by atoms with van der Waals surface area (Å²) in [7, 11) is 0. The molecule has 0 bridgehead atoms. The number of benzene rings is 2. The number of aromatic hydroxyl groups is 1. The Morgan fingerprint density at radius 3 is 2.21 bits per heavy atom. The van der Waals surface area contributed by atoms with Crippen molar-refractivity contribution >= 4 is 17.5 Å². The van der Waals surface area contributed by atoms with E-state index in [1.54, 1.807) is 24.3 Å². The predicted molar refractivity (Wildman–Crippen MR) is 102 cm³/mol. The van der Waals surface area contributed by atoms with Gasteiger partial charge < -0.3 is 10.0 Å². The molecule has 4 rings (SSSR count). The van der Waals surface area contributed by atoms with Crippen molar-refractivity contribution in [1.29, 1.82) is 0 Å². The summed E-state index contributed by atoms with van der Waals surface area (Å²) in [4.78, 5) is 30.8. The van der Waals surface area contributed by atoms with Crippen LogP contribution in [0.4, 0.5) is 10.1 Å². The van der Waals surface area contributed by atoms with Gasteiger partial charge in [0, 0.05) is 31.9 Å². The highest BCUT2D eigenvalue weighted by Crippen LogP contribution is 2.25. The first-order valence-corrected chi connectivity index (χ1v) is 9.38. The largest absolute Gasteiger partial charge is 0.508 e. The third kappa shape index (κ3) is 3.71. The molecular formula is C21H22FN3O3. The van der Waals surface area contributed by atoms with Gasteiger partial charge in [-0.15, -0.1) is 0 Å². The summed E-state index contributed by atoms with van der Waals surface area (Å²) in [5, 5.41) is 9.42. The van der Waals surface area contributed by atoms with Crippen molar-refractivity contribution in [2.24, 2.45) is 0 Å². The molecule has 0 unspecified atom stereocenters. The summed E-state index contributed by atoms with van der Waals surface area (Å²) in [5.41, 5.74) is 1.77. The molecule has 2 fully saturated rings. The highest BCUT2D eigenvalue weighted by molar-refractivity contribution is 6.05. The molecule has 2 amide bonds.